The Morgan fingerprint density at radius 2 is 1.14 bits per heavy atom. The van der Waals surface area contributed by atoms with E-state index in [9.17, 15) is 19.2 Å². The van der Waals surface area contributed by atoms with Gasteiger partial charge in [0.25, 0.3) is 0 Å². The van der Waals surface area contributed by atoms with E-state index in [2.05, 4.69) is 19.7 Å². The average Bonchev–Trinajstić information content (AvgIpc) is 3.57. The summed E-state index contributed by atoms with van der Waals surface area (Å²) in [6.45, 7) is 14.7. The van der Waals surface area contributed by atoms with Crippen LogP contribution in [0.1, 0.15) is 23.7 Å². The molecule has 0 radical (unpaired) electrons. The highest BCUT2D eigenvalue weighted by molar-refractivity contribution is 7.96. The summed E-state index contributed by atoms with van der Waals surface area (Å²) in [5.74, 6) is -2.54. The van der Waals surface area contributed by atoms with Gasteiger partial charge in [-0.3, -0.25) is 9.59 Å². The minimum atomic E-state index is -3.33. The van der Waals surface area contributed by atoms with Crippen LogP contribution in [0.5, 0.6) is 0 Å². The fourth-order valence-corrected chi connectivity index (χ4v) is 13.6. The Kier molecular flexibility index (Phi) is 14.3. The van der Waals surface area contributed by atoms with Crippen LogP contribution >= 0.6 is 6.89 Å². The Balaban J connectivity index is 1.61. The summed E-state index contributed by atoms with van der Waals surface area (Å²) >= 11 is 0. The van der Waals surface area contributed by atoms with Crippen LogP contribution in [-0.4, -0.2) is 89.6 Å². The number of ether oxygens (including phenoxy) is 3. The number of benzene rings is 4. The summed E-state index contributed by atoms with van der Waals surface area (Å²) in [6.07, 6.45) is 0.920. The van der Waals surface area contributed by atoms with Crippen molar-refractivity contribution in [1.82, 2.24) is 14.0 Å². The second-order valence-corrected chi connectivity index (χ2v) is 23.4. The number of hydrogen-bond donors (Lipinski definition) is 0. The zero-order valence-corrected chi connectivity index (χ0v) is 37.6. The van der Waals surface area contributed by atoms with Crippen molar-refractivity contribution in [3.8, 4) is 0 Å². The number of carbonyl (C=O) groups is 5. The molecule has 15 heteroatoms. The van der Waals surface area contributed by atoms with Crippen molar-refractivity contribution in [1.29, 1.82) is 0 Å². The van der Waals surface area contributed by atoms with Crippen LogP contribution in [0.2, 0.25) is 19.6 Å². The molecule has 1 saturated heterocycles. The minimum Gasteiger partial charge on any atom is -0.457 e. The first-order valence-electron chi connectivity index (χ1n) is 20.3. The number of aromatic nitrogens is 2. The number of imidazole rings is 1. The molecule has 0 unspecified atom stereocenters. The van der Waals surface area contributed by atoms with Crippen LogP contribution in [-0.2, 0) is 28.2 Å². The highest BCUT2D eigenvalue weighted by Gasteiger charge is 2.56. The second-order valence-electron chi connectivity index (χ2n) is 15.6. The van der Waals surface area contributed by atoms with Gasteiger partial charge in [-0.05, 0) is 60.7 Å². The van der Waals surface area contributed by atoms with Crippen LogP contribution in [0.25, 0.3) is 11.0 Å². The molecule has 1 aliphatic rings. The lowest BCUT2D eigenvalue weighted by atomic mass is 9.79. The van der Waals surface area contributed by atoms with Crippen molar-refractivity contribution in [3.63, 3.8) is 0 Å². The summed E-state index contributed by atoms with van der Waals surface area (Å²) in [5, 5.41) is 2.30. The van der Waals surface area contributed by atoms with Crippen LogP contribution in [0, 0.1) is 5.92 Å². The third-order valence-electron chi connectivity index (χ3n) is 10.4. The van der Waals surface area contributed by atoms with E-state index >= 15 is 9.59 Å². The molecule has 4 aromatic carbocycles. The number of rotatable bonds is 17. The zero-order valence-electron chi connectivity index (χ0n) is 35.7. The zero-order chi connectivity index (χ0) is 45.5. The molecule has 1 fully saturated rings. The topological polar surface area (TPSA) is 152 Å². The number of β-lactam (4-membered cyclic amide) rings is 1. The molecule has 2 heterocycles. The van der Waals surface area contributed by atoms with E-state index in [0.29, 0.717) is 9.13 Å². The third kappa shape index (κ3) is 9.15. The second kappa shape index (κ2) is 19.6. The molecule has 0 N–H and O–H groups in total. The predicted molar refractivity (Wildman–Crippen MR) is 248 cm³/mol. The molecule has 326 valence electrons. The molecule has 1 aliphatic heterocycles. The van der Waals surface area contributed by atoms with Gasteiger partial charge < -0.3 is 23.5 Å². The maximum absolute atomic E-state index is 15.1. The molecular formula is C48H50N3O10PSi. The molecular weight excluding hydrogens is 838 g/mol. The van der Waals surface area contributed by atoms with Crippen molar-refractivity contribution < 1.29 is 42.6 Å². The maximum Gasteiger partial charge on any atom is 0.423 e. The predicted octanol–water partition coefficient (Wildman–Crippen LogP) is 6.64. The molecule has 0 aliphatic carbocycles. The van der Waals surface area contributed by atoms with Crippen LogP contribution in [0.4, 0.5) is 9.59 Å². The first kappa shape index (κ1) is 45.9. The van der Waals surface area contributed by atoms with Crippen molar-refractivity contribution >= 4 is 77.4 Å². The highest BCUT2D eigenvalue weighted by Crippen LogP contribution is 2.50. The minimum absolute atomic E-state index is 0.0274. The monoisotopic (exact) mass is 887 g/mol. The molecule has 6 rings (SSSR count). The summed E-state index contributed by atoms with van der Waals surface area (Å²) in [4.78, 5) is 86.4. The molecule has 0 saturated carbocycles. The lowest BCUT2D eigenvalue weighted by Crippen LogP contribution is -2.69. The first-order chi connectivity index (χ1) is 30.2. The van der Waals surface area contributed by atoms with Gasteiger partial charge in [0.2, 0.25) is 5.91 Å². The number of ketones is 1. The lowest BCUT2D eigenvalue weighted by molar-refractivity contribution is -0.156. The third-order valence-corrected chi connectivity index (χ3v) is 15.7. The Hall–Kier alpha value is -6.60. The molecule has 5 aromatic rings. The lowest BCUT2D eigenvalue weighted by Gasteiger charge is -2.52. The number of hydrogen-bond acceptors (Lipinski definition) is 10. The molecule has 13 nitrogen and oxygen atoms in total. The van der Waals surface area contributed by atoms with E-state index in [1.54, 1.807) is 6.92 Å². The van der Waals surface area contributed by atoms with E-state index in [1.807, 2.05) is 111 Å². The van der Waals surface area contributed by atoms with Crippen molar-refractivity contribution in [2.24, 2.45) is 5.92 Å². The van der Waals surface area contributed by atoms with Gasteiger partial charge in [-0.25, -0.2) is 19.2 Å². The van der Waals surface area contributed by atoms with Gasteiger partial charge in [-0.1, -0.05) is 129 Å². The van der Waals surface area contributed by atoms with Gasteiger partial charge in [-0.15, -0.1) is 0 Å². The van der Waals surface area contributed by atoms with E-state index in [4.69, 9.17) is 18.6 Å². The summed E-state index contributed by atoms with van der Waals surface area (Å²) in [5.41, 5.74) is -1.08. The molecule has 3 atom stereocenters. The van der Waals surface area contributed by atoms with Gasteiger partial charge in [0.1, 0.15) is 25.2 Å². The molecule has 0 spiro atoms. The number of nitrogens with zero attached hydrogens (tertiary/aromatic N) is 3. The van der Waals surface area contributed by atoms with Crippen LogP contribution in [0.15, 0.2) is 152 Å². The first-order valence-corrected chi connectivity index (χ1v) is 25.5. The van der Waals surface area contributed by atoms with E-state index < -0.39 is 68.8 Å². The molecule has 1 amide bonds. The van der Waals surface area contributed by atoms with Gasteiger partial charge in [0.05, 0.1) is 29.1 Å². The average molecular weight is 888 g/mol. The normalized spacial score (nSPS) is 15.4. The van der Waals surface area contributed by atoms with Gasteiger partial charge in [0, 0.05) is 18.9 Å². The van der Waals surface area contributed by atoms with Crippen molar-refractivity contribution in [3.05, 3.63) is 163 Å². The van der Waals surface area contributed by atoms with E-state index in [1.165, 1.54) is 41.3 Å². The number of Topliss-reactive ketones (excluding diaryl/α,β-unsaturated/α-hetero) is 1. The molecule has 1 aromatic heterocycles. The smallest absolute Gasteiger partial charge is 0.423 e. The maximum atomic E-state index is 15.1. The van der Waals surface area contributed by atoms with Crippen LogP contribution < -0.4 is 21.6 Å². The fraction of sp³-hybridized carbons (Fsp3) is 0.229. The fourth-order valence-electron chi connectivity index (χ4n) is 7.98. The largest absolute Gasteiger partial charge is 0.457 e. The van der Waals surface area contributed by atoms with E-state index in [0.717, 1.165) is 15.9 Å². The number of fused-ring (bicyclic) bond motifs is 1. The summed E-state index contributed by atoms with van der Waals surface area (Å²) in [7, 11) is -2.28. The van der Waals surface area contributed by atoms with Gasteiger partial charge in [-0.2, -0.15) is 9.13 Å². The number of likely N-dealkylation sites (tertiary alicyclic amines) is 1. The van der Waals surface area contributed by atoms with Crippen molar-refractivity contribution in [2.45, 2.75) is 45.1 Å². The Labute approximate surface area is 366 Å². The number of amides is 1. The number of esters is 1. The summed E-state index contributed by atoms with van der Waals surface area (Å²) in [6, 6.07) is 31.6. The Morgan fingerprint density at radius 1 is 0.683 bits per heavy atom. The van der Waals surface area contributed by atoms with Crippen LogP contribution in [0.3, 0.4) is 0 Å². The Bertz CT molecular complexity index is 2580. The van der Waals surface area contributed by atoms with Gasteiger partial charge in [0.15, 0.2) is 14.1 Å². The Morgan fingerprint density at radius 3 is 1.60 bits per heavy atom. The quantitative estimate of drug-likeness (QED) is 0.0189. The standard InChI is InChI=1S/C48H50N3O10PSi/c1-8-28-58-45(54)44(62(35-20-14-11-15-21-35,36-22-16-12-17-23-36)37-24-18-13-19-25-37)49-40(42(43(49)53)33(4)61-63(5,6)7)32-41(52)34-26-27-38-39(31-34)51(48(57)60-30-10-3)46(55)50(38)47(56)59-29-9-2/h8-27,31,33,40,42H,1-3,28-30,32H2,4-7H3/t33-,40-,42-/m1/s1. The summed E-state index contributed by atoms with van der Waals surface area (Å²) < 4.78 is 24.1. The highest BCUT2D eigenvalue weighted by atomic mass is 31.2. The molecule has 63 heavy (non-hydrogen) atoms. The van der Waals surface area contributed by atoms with Crippen molar-refractivity contribution in [2.75, 3.05) is 19.8 Å². The number of carbonyl (C=O) groups excluding carboxylic acids is 5. The van der Waals surface area contributed by atoms with E-state index in [-0.39, 0.29) is 48.3 Å². The van der Waals surface area contributed by atoms with Gasteiger partial charge >= 0.3 is 23.8 Å². The molecule has 0 bridgehead atoms. The SMILES string of the molecule is C=CCOC(=O)C(N1C(=O)[C@H]([C@@H](C)O[Si](C)(C)C)[C@H]1CC(=O)c1ccc2c(c1)n(C(=O)OCC=C)c(=O)n2C(=O)OCC=C)=P(c1ccccc1)(c1ccccc1)c1ccccc1.